The van der Waals surface area contributed by atoms with E-state index in [4.69, 9.17) is 13.9 Å². The van der Waals surface area contributed by atoms with E-state index in [-0.39, 0.29) is 29.4 Å². The Morgan fingerprint density at radius 3 is 2.72 bits per heavy atom. The van der Waals surface area contributed by atoms with Crippen LogP contribution in [0.15, 0.2) is 46.0 Å². The maximum absolute atomic E-state index is 12.4. The summed E-state index contributed by atoms with van der Waals surface area (Å²) in [7, 11) is 1.44. The number of ether oxygens (including phenoxy) is 2. The first kappa shape index (κ1) is 19.9. The summed E-state index contributed by atoms with van der Waals surface area (Å²) in [5, 5.41) is 16.3. The summed E-state index contributed by atoms with van der Waals surface area (Å²) in [5.74, 6) is 0.344. The monoisotopic (exact) mass is 401 g/mol. The Morgan fingerprint density at radius 1 is 1.31 bits per heavy atom. The van der Waals surface area contributed by atoms with Crippen molar-refractivity contribution in [1.29, 1.82) is 0 Å². The predicted molar refractivity (Wildman–Crippen MR) is 101 cm³/mol. The lowest BCUT2D eigenvalue weighted by Crippen LogP contribution is -2.45. The average Bonchev–Trinajstić information content (AvgIpc) is 3.16. The summed E-state index contributed by atoms with van der Waals surface area (Å²) in [4.78, 5) is 34.9. The highest BCUT2D eigenvalue weighted by atomic mass is 16.6. The lowest BCUT2D eigenvalue weighted by molar-refractivity contribution is -0.384. The molecule has 2 N–H and O–H groups in total. The first-order chi connectivity index (χ1) is 13.8. The Hall–Kier alpha value is -3.82. The van der Waals surface area contributed by atoms with Gasteiger partial charge >= 0.3 is 12.0 Å². The molecule has 2 amide bonds. The fraction of sp³-hybridized carbons (Fsp3) is 0.263. The number of methoxy groups -OCH3 is 1. The number of furan rings is 1. The van der Waals surface area contributed by atoms with Crippen LogP contribution in [0.3, 0.4) is 0 Å². The van der Waals surface area contributed by atoms with Crippen LogP contribution in [0.1, 0.15) is 25.6 Å². The number of amides is 2. The number of urea groups is 1. The van der Waals surface area contributed by atoms with Crippen molar-refractivity contribution in [1.82, 2.24) is 10.6 Å². The maximum atomic E-state index is 12.4. The van der Waals surface area contributed by atoms with Crippen molar-refractivity contribution in [2.24, 2.45) is 0 Å². The van der Waals surface area contributed by atoms with Crippen LogP contribution in [0.25, 0.3) is 11.3 Å². The first-order valence-electron chi connectivity index (χ1n) is 8.73. The summed E-state index contributed by atoms with van der Waals surface area (Å²) < 4.78 is 16.2. The number of carbonyl (C=O) groups is 2. The van der Waals surface area contributed by atoms with Gasteiger partial charge in [0.05, 0.1) is 29.8 Å². The molecule has 152 valence electrons. The van der Waals surface area contributed by atoms with Gasteiger partial charge in [-0.05, 0) is 32.0 Å². The Labute approximate surface area is 165 Å². The van der Waals surface area contributed by atoms with Gasteiger partial charge in [-0.1, -0.05) is 0 Å². The van der Waals surface area contributed by atoms with Crippen molar-refractivity contribution in [2.45, 2.75) is 19.9 Å². The second kappa shape index (κ2) is 8.05. The third-order valence-corrected chi connectivity index (χ3v) is 4.34. The first-order valence-corrected chi connectivity index (χ1v) is 8.73. The van der Waals surface area contributed by atoms with E-state index in [0.29, 0.717) is 17.0 Å². The molecule has 1 aliphatic heterocycles. The molecule has 0 radical (unpaired) electrons. The van der Waals surface area contributed by atoms with E-state index in [1.165, 1.54) is 25.3 Å². The number of rotatable bonds is 6. The summed E-state index contributed by atoms with van der Waals surface area (Å²) in [6, 6.07) is 5.92. The molecule has 10 heteroatoms. The van der Waals surface area contributed by atoms with Crippen LogP contribution in [0, 0.1) is 10.1 Å². The molecule has 1 aliphatic rings. The summed E-state index contributed by atoms with van der Waals surface area (Å²) in [6.07, 6.45) is 0. The van der Waals surface area contributed by atoms with Crippen molar-refractivity contribution in [3.63, 3.8) is 0 Å². The summed E-state index contributed by atoms with van der Waals surface area (Å²) >= 11 is 0. The Morgan fingerprint density at radius 2 is 2.07 bits per heavy atom. The van der Waals surface area contributed by atoms with E-state index in [2.05, 4.69) is 10.6 Å². The number of esters is 1. The Bertz CT molecular complexity index is 1010. The van der Waals surface area contributed by atoms with Crippen LogP contribution in [-0.2, 0) is 9.53 Å². The highest BCUT2D eigenvalue weighted by Crippen LogP contribution is 2.37. The average molecular weight is 401 g/mol. The van der Waals surface area contributed by atoms with Crippen LogP contribution in [0.5, 0.6) is 5.75 Å². The number of hydrogen-bond acceptors (Lipinski definition) is 7. The lowest BCUT2D eigenvalue weighted by atomic mass is 10.0. The highest BCUT2D eigenvalue weighted by Gasteiger charge is 2.34. The predicted octanol–water partition coefficient (Wildman–Crippen LogP) is 3.05. The second-order valence-corrected chi connectivity index (χ2v) is 6.13. The Kier molecular flexibility index (Phi) is 5.53. The molecule has 3 rings (SSSR count). The minimum absolute atomic E-state index is 0.128. The SMILES string of the molecule is CCOC(=O)C1=C(C)NC(=O)N[C@H]1c1ccc(-c2cc([N+](=O)[O-])ccc2OC)o1. The fourth-order valence-electron chi connectivity index (χ4n) is 3.04. The van der Waals surface area contributed by atoms with Gasteiger partial charge in [0, 0.05) is 17.8 Å². The molecule has 0 unspecified atom stereocenters. The molecule has 1 aromatic carbocycles. The molecule has 0 bridgehead atoms. The van der Waals surface area contributed by atoms with E-state index >= 15 is 0 Å². The van der Waals surface area contributed by atoms with Crippen molar-refractivity contribution in [2.75, 3.05) is 13.7 Å². The third-order valence-electron chi connectivity index (χ3n) is 4.34. The third kappa shape index (κ3) is 3.91. The smallest absolute Gasteiger partial charge is 0.338 e. The molecule has 10 nitrogen and oxygen atoms in total. The summed E-state index contributed by atoms with van der Waals surface area (Å²) in [6.45, 7) is 3.44. The minimum atomic E-state index is -0.874. The number of hydrogen-bond donors (Lipinski definition) is 2. The van der Waals surface area contributed by atoms with Gasteiger partial charge in [0.2, 0.25) is 0 Å². The quantitative estimate of drug-likeness (QED) is 0.432. The van der Waals surface area contributed by atoms with Gasteiger partial charge in [-0.15, -0.1) is 0 Å². The molecule has 1 atom stereocenters. The molecule has 1 aromatic heterocycles. The minimum Gasteiger partial charge on any atom is -0.496 e. The maximum Gasteiger partial charge on any atom is 0.338 e. The Balaban J connectivity index is 2.04. The van der Waals surface area contributed by atoms with Gasteiger partial charge in [0.1, 0.15) is 23.3 Å². The van der Waals surface area contributed by atoms with Crippen LogP contribution in [0.2, 0.25) is 0 Å². The number of nitrogens with zero attached hydrogens (tertiary/aromatic N) is 1. The largest absolute Gasteiger partial charge is 0.496 e. The molecular formula is C19H19N3O7. The molecule has 2 heterocycles. The second-order valence-electron chi connectivity index (χ2n) is 6.13. The van der Waals surface area contributed by atoms with E-state index in [1.807, 2.05) is 0 Å². The number of allylic oxidation sites excluding steroid dienone is 1. The molecule has 0 saturated carbocycles. The number of nitro groups is 1. The molecule has 0 fully saturated rings. The zero-order valence-corrected chi connectivity index (χ0v) is 16.0. The number of nitrogens with one attached hydrogen (secondary N) is 2. The summed E-state index contributed by atoms with van der Waals surface area (Å²) in [5.41, 5.74) is 0.796. The van der Waals surface area contributed by atoms with E-state index in [0.717, 1.165) is 0 Å². The van der Waals surface area contributed by atoms with Gasteiger partial charge in [-0.3, -0.25) is 10.1 Å². The topological polar surface area (TPSA) is 133 Å². The lowest BCUT2D eigenvalue weighted by Gasteiger charge is -2.26. The number of carbonyl (C=O) groups excluding carboxylic acids is 2. The molecule has 29 heavy (non-hydrogen) atoms. The van der Waals surface area contributed by atoms with Gasteiger partial charge in [0.15, 0.2) is 0 Å². The van der Waals surface area contributed by atoms with Gasteiger partial charge in [-0.2, -0.15) is 0 Å². The van der Waals surface area contributed by atoms with E-state index in [1.54, 1.807) is 26.0 Å². The number of nitro benzene ring substituents is 1. The molecular weight excluding hydrogens is 382 g/mol. The normalized spacial score (nSPS) is 16.1. The van der Waals surface area contributed by atoms with Gasteiger partial charge < -0.3 is 24.5 Å². The van der Waals surface area contributed by atoms with Gasteiger partial charge in [-0.25, -0.2) is 9.59 Å². The van der Waals surface area contributed by atoms with E-state index < -0.39 is 23.0 Å². The fourth-order valence-corrected chi connectivity index (χ4v) is 3.04. The number of non-ortho nitro benzene ring substituents is 1. The van der Waals surface area contributed by atoms with Crippen molar-refractivity contribution >= 4 is 17.7 Å². The van der Waals surface area contributed by atoms with Crippen molar-refractivity contribution < 1.29 is 28.4 Å². The van der Waals surface area contributed by atoms with Crippen molar-refractivity contribution in [3.05, 3.63) is 57.5 Å². The molecule has 0 spiro atoms. The number of benzene rings is 1. The standard InChI is InChI=1S/C19H19N3O7/c1-4-28-18(23)16-10(2)20-19(24)21-17(16)15-8-7-14(29-15)12-9-11(22(25)26)5-6-13(12)27-3/h5-9,17H,4H2,1-3H3,(H2,20,21,24)/t17-/m0/s1. The van der Waals surface area contributed by atoms with Crippen LogP contribution in [0.4, 0.5) is 10.5 Å². The highest BCUT2D eigenvalue weighted by molar-refractivity contribution is 5.94. The van der Waals surface area contributed by atoms with Crippen LogP contribution >= 0.6 is 0 Å². The molecule has 2 aromatic rings. The zero-order valence-electron chi connectivity index (χ0n) is 16.0. The molecule has 0 aliphatic carbocycles. The molecule has 0 saturated heterocycles. The van der Waals surface area contributed by atoms with E-state index in [9.17, 15) is 19.7 Å². The van der Waals surface area contributed by atoms with Crippen molar-refractivity contribution in [3.8, 4) is 17.1 Å². The zero-order chi connectivity index (χ0) is 21.1. The van der Waals surface area contributed by atoms with Gasteiger partial charge in [0.25, 0.3) is 5.69 Å². The van der Waals surface area contributed by atoms with Crippen LogP contribution in [-0.4, -0.2) is 30.6 Å². The van der Waals surface area contributed by atoms with Crippen LogP contribution < -0.4 is 15.4 Å².